The lowest BCUT2D eigenvalue weighted by Crippen LogP contribution is -2.34. The van der Waals surface area contributed by atoms with E-state index in [1.54, 1.807) is 0 Å². The molecule has 0 aliphatic carbocycles. The van der Waals surface area contributed by atoms with Crippen LogP contribution in [-0.2, 0) is 17.7 Å². The Morgan fingerprint density at radius 2 is 1.50 bits per heavy atom. The van der Waals surface area contributed by atoms with Gasteiger partial charge in [0.1, 0.15) is 5.00 Å². The van der Waals surface area contributed by atoms with E-state index >= 15 is 0 Å². The van der Waals surface area contributed by atoms with E-state index in [4.69, 9.17) is 17.0 Å². The third-order valence-corrected chi connectivity index (χ3v) is 6.59. The fourth-order valence-corrected chi connectivity index (χ4v) is 5.01. The number of thiophene rings is 1. The monoisotopic (exact) mass is 486 g/mol. The molecule has 0 fully saturated rings. The third kappa shape index (κ3) is 6.10. The highest BCUT2D eigenvalue weighted by Crippen LogP contribution is 2.31. The number of benzene rings is 3. The second kappa shape index (κ2) is 11.6. The summed E-state index contributed by atoms with van der Waals surface area (Å²) < 4.78 is 5.33. The van der Waals surface area contributed by atoms with Gasteiger partial charge in [-0.3, -0.25) is 0 Å². The van der Waals surface area contributed by atoms with Crippen molar-refractivity contribution in [1.29, 1.82) is 0 Å². The van der Waals surface area contributed by atoms with Gasteiger partial charge < -0.3 is 15.0 Å². The smallest absolute Gasteiger partial charge is 0.341 e. The molecule has 1 heterocycles. The number of carbonyl (C=O) groups excluding carboxylic acids is 1. The number of nitrogens with one attached hydrogen (secondary N) is 1. The Balaban J connectivity index is 1.62. The molecule has 0 aliphatic rings. The van der Waals surface area contributed by atoms with E-state index in [2.05, 4.69) is 29.6 Å². The van der Waals surface area contributed by atoms with Crippen LogP contribution in [0.5, 0.6) is 0 Å². The lowest BCUT2D eigenvalue weighted by Gasteiger charge is -2.26. The van der Waals surface area contributed by atoms with Gasteiger partial charge in [-0.05, 0) is 48.5 Å². The average molecular weight is 487 g/mol. The molecule has 0 saturated heterocycles. The summed E-state index contributed by atoms with van der Waals surface area (Å²) in [7, 11) is 0. The molecule has 3 aromatic carbocycles. The molecule has 172 valence electrons. The molecule has 0 saturated carbocycles. The number of hydrogen-bond acceptors (Lipinski definition) is 4. The molecule has 0 radical (unpaired) electrons. The van der Waals surface area contributed by atoms with Gasteiger partial charge in [0.15, 0.2) is 5.11 Å². The summed E-state index contributed by atoms with van der Waals surface area (Å²) in [5.74, 6) is -0.349. The predicted molar refractivity (Wildman–Crippen MR) is 145 cm³/mol. The van der Waals surface area contributed by atoms with Crippen LogP contribution in [0.25, 0.3) is 0 Å². The lowest BCUT2D eigenvalue weighted by molar-refractivity contribution is 0.0528. The van der Waals surface area contributed by atoms with Gasteiger partial charge in [0.05, 0.1) is 18.7 Å². The molecule has 6 heteroatoms. The highest BCUT2D eigenvalue weighted by molar-refractivity contribution is 7.80. The van der Waals surface area contributed by atoms with E-state index in [-0.39, 0.29) is 5.97 Å². The van der Waals surface area contributed by atoms with Crippen LogP contribution in [0, 0.1) is 0 Å². The van der Waals surface area contributed by atoms with Gasteiger partial charge in [0.25, 0.3) is 0 Å². The van der Waals surface area contributed by atoms with Crippen LogP contribution in [0.15, 0.2) is 97.1 Å². The average Bonchev–Trinajstić information content (AvgIpc) is 3.26. The Bertz CT molecular complexity index is 1230. The quantitative estimate of drug-likeness (QED) is 0.216. The van der Waals surface area contributed by atoms with Gasteiger partial charge in [0, 0.05) is 17.0 Å². The highest BCUT2D eigenvalue weighted by Gasteiger charge is 2.21. The predicted octanol–water partition coefficient (Wildman–Crippen LogP) is 6.92. The van der Waals surface area contributed by atoms with E-state index in [0.717, 1.165) is 22.5 Å². The molecule has 4 rings (SSSR count). The molecule has 0 amide bonds. The Kier molecular flexibility index (Phi) is 8.07. The number of esters is 1. The Morgan fingerprint density at radius 1 is 0.912 bits per heavy atom. The number of anilines is 2. The Labute approximate surface area is 209 Å². The minimum atomic E-state index is -0.349. The van der Waals surface area contributed by atoms with Crippen molar-refractivity contribution < 1.29 is 9.53 Å². The van der Waals surface area contributed by atoms with Gasteiger partial charge in [-0.1, -0.05) is 78.9 Å². The summed E-state index contributed by atoms with van der Waals surface area (Å²) in [4.78, 5) is 15.8. The normalized spacial score (nSPS) is 10.5. The van der Waals surface area contributed by atoms with E-state index in [1.807, 2.05) is 84.6 Å². The summed E-state index contributed by atoms with van der Waals surface area (Å²) in [5, 5.41) is 4.57. The van der Waals surface area contributed by atoms with Crippen LogP contribution in [0.4, 0.5) is 10.7 Å². The van der Waals surface area contributed by atoms with Crippen LogP contribution in [0.3, 0.4) is 0 Å². The minimum Gasteiger partial charge on any atom is -0.462 e. The number of ether oxygens (including phenoxy) is 1. The minimum absolute atomic E-state index is 0.316. The number of thiocarbonyl (C=S) groups is 1. The number of carbonyl (C=O) groups is 1. The van der Waals surface area contributed by atoms with E-state index < -0.39 is 0 Å². The number of para-hydroxylation sites is 1. The first-order chi connectivity index (χ1) is 16.6. The van der Waals surface area contributed by atoms with Crippen molar-refractivity contribution in [3.63, 3.8) is 0 Å². The third-order valence-electron chi connectivity index (χ3n) is 5.22. The van der Waals surface area contributed by atoms with Crippen LogP contribution >= 0.6 is 23.6 Å². The number of nitrogens with zero attached hydrogens (tertiary/aromatic N) is 1. The second-order valence-electron chi connectivity index (χ2n) is 7.68. The first kappa shape index (κ1) is 23.7. The standard InChI is InChI=1S/C28H26N2O2S2/c1-2-32-27(31)25-19-24(18-21-12-6-3-7-13-21)34-26(25)29-28(33)30(23-16-10-5-11-17-23)20-22-14-8-4-9-15-22/h3-17,19H,2,18,20H2,1H3,(H,29,33). The Morgan fingerprint density at radius 3 is 2.12 bits per heavy atom. The van der Waals surface area contributed by atoms with Gasteiger partial charge in [0.2, 0.25) is 0 Å². The topological polar surface area (TPSA) is 41.6 Å². The summed E-state index contributed by atoms with van der Waals surface area (Å²) in [6, 6.07) is 32.3. The molecule has 0 spiro atoms. The van der Waals surface area contributed by atoms with Gasteiger partial charge in [-0.25, -0.2) is 4.79 Å². The molecule has 0 atom stereocenters. The zero-order valence-electron chi connectivity index (χ0n) is 18.9. The maximum absolute atomic E-state index is 12.7. The molecular weight excluding hydrogens is 460 g/mol. The molecule has 0 bridgehead atoms. The number of hydrogen-bond donors (Lipinski definition) is 1. The summed E-state index contributed by atoms with van der Waals surface area (Å²) >= 11 is 7.39. The largest absolute Gasteiger partial charge is 0.462 e. The van der Waals surface area contributed by atoms with Crippen LogP contribution in [0.1, 0.15) is 33.3 Å². The fraction of sp³-hybridized carbons (Fsp3) is 0.143. The van der Waals surface area contributed by atoms with E-state index in [0.29, 0.717) is 28.8 Å². The molecule has 34 heavy (non-hydrogen) atoms. The van der Waals surface area contributed by atoms with Crippen molar-refractivity contribution in [2.24, 2.45) is 0 Å². The summed E-state index contributed by atoms with van der Waals surface area (Å²) in [5.41, 5.74) is 3.80. The zero-order valence-corrected chi connectivity index (χ0v) is 20.6. The Hall–Kier alpha value is -3.48. The molecule has 4 aromatic rings. The molecule has 0 aliphatic heterocycles. The van der Waals surface area contributed by atoms with Crippen molar-refractivity contribution >= 4 is 45.3 Å². The lowest BCUT2D eigenvalue weighted by atomic mass is 10.1. The SMILES string of the molecule is CCOC(=O)c1cc(Cc2ccccc2)sc1NC(=S)N(Cc1ccccc1)c1ccccc1. The molecule has 1 aromatic heterocycles. The zero-order chi connectivity index (χ0) is 23.8. The van der Waals surface area contributed by atoms with Crippen LogP contribution in [-0.4, -0.2) is 17.7 Å². The number of rotatable bonds is 8. The van der Waals surface area contributed by atoms with Crippen molar-refractivity contribution in [3.8, 4) is 0 Å². The highest BCUT2D eigenvalue weighted by atomic mass is 32.1. The van der Waals surface area contributed by atoms with Crippen molar-refractivity contribution in [2.75, 3.05) is 16.8 Å². The fourth-order valence-electron chi connectivity index (χ4n) is 3.60. The van der Waals surface area contributed by atoms with Crippen molar-refractivity contribution in [3.05, 3.63) is 119 Å². The van der Waals surface area contributed by atoms with Crippen LogP contribution < -0.4 is 10.2 Å². The van der Waals surface area contributed by atoms with E-state index in [9.17, 15) is 4.79 Å². The van der Waals surface area contributed by atoms with Crippen molar-refractivity contribution in [2.45, 2.75) is 19.9 Å². The van der Waals surface area contributed by atoms with Gasteiger partial charge in [-0.2, -0.15) is 0 Å². The molecule has 0 unspecified atom stereocenters. The maximum atomic E-state index is 12.7. The molecular formula is C28H26N2O2S2. The van der Waals surface area contributed by atoms with Crippen LogP contribution in [0.2, 0.25) is 0 Å². The maximum Gasteiger partial charge on any atom is 0.341 e. The molecule has 4 nitrogen and oxygen atoms in total. The van der Waals surface area contributed by atoms with E-state index in [1.165, 1.54) is 16.9 Å². The van der Waals surface area contributed by atoms with Gasteiger partial charge in [-0.15, -0.1) is 11.3 Å². The second-order valence-corrected chi connectivity index (χ2v) is 9.20. The van der Waals surface area contributed by atoms with Gasteiger partial charge >= 0.3 is 5.97 Å². The summed E-state index contributed by atoms with van der Waals surface area (Å²) in [6.45, 7) is 2.73. The summed E-state index contributed by atoms with van der Waals surface area (Å²) in [6.07, 6.45) is 0.735. The molecule has 1 N–H and O–H groups in total. The van der Waals surface area contributed by atoms with Crippen molar-refractivity contribution in [1.82, 2.24) is 0 Å². The first-order valence-corrected chi connectivity index (χ1v) is 12.4. The first-order valence-electron chi connectivity index (χ1n) is 11.1.